The number of carbonyl (C=O) groups excluding carboxylic acids is 1. The molecule has 0 bridgehead atoms. The maximum Gasteiger partial charge on any atom is 0.248 e. The van der Waals surface area contributed by atoms with Crippen molar-refractivity contribution in [1.29, 1.82) is 0 Å². The number of anilines is 2. The summed E-state index contributed by atoms with van der Waals surface area (Å²) in [4.78, 5) is 22.7. The molecule has 4 rings (SSSR count). The fraction of sp³-hybridized carbons (Fsp3) is 0.130. The number of carbonyl (C=O) groups is 1. The largest absolute Gasteiger partial charge is 0.336 e. The van der Waals surface area contributed by atoms with E-state index in [1.165, 1.54) is 18.2 Å². The average molecular weight is 419 g/mol. The summed E-state index contributed by atoms with van der Waals surface area (Å²) in [6.45, 7) is 5.42. The fourth-order valence-corrected chi connectivity index (χ4v) is 3.42. The van der Waals surface area contributed by atoms with Gasteiger partial charge < -0.3 is 4.52 Å². The number of nitrogens with zero attached hydrogens (tertiary/aromatic N) is 4. The lowest BCUT2D eigenvalue weighted by molar-refractivity contribution is -0.116. The molecule has 0 unspecified atom stereocenters. The van der Waals surface area contributed by atoms with E-state index in [2.05, 4.69) is 15.1 Å². The minimum Gasteiger partial charge on any atom is -0.336 e. The van der Waals surface area contributed by atoms with Gasteiger partial charge in [-0.1, -0.05) is 41.0 Å². The van der Waals surface area contributed by atoms with Crippen molar-refractivity contribution in [3.8, 4) is 22.5 Å². The third kappa shape index (κ3) is 3.69. The van der Waals surface area contributed by atoms with E-state index in [9.17, 15) is 4.79 Å². The summed E-state index contributed by atoms with van der Waals surface area (Å²) in [5, 5.41) is 4.92. The molecule has 2 heterocycles. The summed E-state index contributed by atoms with van der Waals surface area (Å²) in [5.41, 5.74) is 5.27. The van der Waals surface area contributed by atoms with Crippen LogP contribution in [0.4, 0.5) is 11.6 Å². The highest BCUT2D eigenvalue weighted by atomic mass is 35.5. The highest BCUT2D eigenvalue weighted by Gasteiger charge is 2.29. The molecule has 1 amide bonds. The fourth-order valence-electron chi connectivity index (χ4n) is 3.29. The molecule has 30 heavy (non-hydrogen) atoms. The van der Waals surface area contributed by atoms with Gasteiger partial charge in [0.25, 0.3) is 0 Å². The van der Waals surface area contributed by atoms with Crippen LogP contribution in [-0.4, -0.2) is 21.0 Å². The van der Waals surface area contributed by atoms with Crippen LogP contribution in [0.5, 0.6) is 0 Å². The molecular formula is C23H19ClN4O2. The highest BCUT2D eigenvalue weighted by molar-refractivity contribution is 6.30. The van der Waals surface area contributed by atoms with E-state index in [1.54, 1.807) is 24.4 Å². The minimum absolute atomic E-state index is 0.196. The molecule has 2 aromatic heterocycles. The van der Waals surface area contributed by atoms with Gasteiger partial charge in [-0.15, -0.1) is 0 Å². The molecule has 0 aliphatic heterocycles. The lowest BCUT2D eigenvalue weighted by Gasteiger charge is -2.21. The van der Waals surface area contributed by atoms with E-state index >= 15 is 0 Å². The molecule has 4 aromatic rings. The third-order valence-electron chi connectivity index (χ3n) is 4.75. The van der Waals surface area contributed by atoms with Gasteiger partial charge in [0.1, 0.15) is 12.0 Å². The predicted molar refractivity (Wildman–Crippen MR) is 117 cm³/mol. The van der Waals surface area contributed by atoms with Crippen LogP contribution in [-0.2, 0) is 4.79 Å². The first-order chi connectivity index (χ1) is 14.5. The first-order valence-corrected chi connectivity index (χ1v) is 9.73. The third-order valence-corrected chi connectivity index (χ3v) is 5.01. The minimum atomic E-state index is -0.196. The van der Waals surface area contributed by atoms with Crippen LogP contribution in [0.15, 0.2) is 65.6 Å². The maximum atomic E-state index is 12.8. The zero-order valence-electron chi connectivity index (χ0n) is 16.8. The van der Waals surface area contributed by atoms with Crippen molar-refractivity contribution in [2.45, 2.75) is 20.8 Å². The Morgan fingerprint density at radius 1 is 1.07 bits per heavy atom. The summed E-state index contributed by atoms with van der Waals surface area (Å²) in [6, 6.07) is 14.9. The Labute approximate surface area is 179 Å². The zero-order chi connectivity index (χ0) is 21.3. The van der Waals surface area contributed by atoms with Crippen molar-refractivity contribution in [2.75, 3.05) is 4.90 Å². The number of halogens is 1. The molecule has 0 spiro atoms. The molecule has 0 radical (unpaired) electrons. The topological polar surface area (TPSA) is 72.1 Å². The summed E-state index contributed by atoms with van der Waals surface area (Å²) >= 11 is 6.05. The van der Waals surface area contributed by atoms with Crippen molar-refractivity contribution in [2.24, 2.45) is 0 Å². The van der Waals surface area contributed by atoms with Gasteiger partial charge in [0, 0.05) is 23.7 Å². The summed E-state index contributed by atoms with van der Waals surface area (Å²) in [6.07, 6.45) is 3.09. The normalized spacial score (nSPS) is 10.8. The molecule has 0 saturated heterocycles. The van der Waals surface area contributed by atoms with E-state index in [1.807, 2.05) is 44.2 Å². The lowest BCUT2D eigenvalue weighted by atomic mass is 10.0. The Bertz CT molecular complexity index is 1200. The zero-order valence-corrected chi connectivity index (χ0v) is 17.5. The van der Waals surface area contributed by atoms with Crippen LogP contribution in [0.1, 0.15) is 18.1 Å². The summed E-state index contributed by atoms with van der Waals surface area (Å²) in [5.74, 6) is 0.109. The quantitative estimate of drug-likeness (QED) is 0.421. The first-order valence-electron chi connectivity index (χ1n) is 9.35. The van der Waals surface area contributed by atoms with Crippen LogP contribution in [0.2, 0.25) is 5.02 Å². The summed E-state index contributed by atoms with van der Waals surface area (Å²) in [7, 11) is 0. The van der Waals surface area contributed by atoms with E-state index in [4.69, 9.17) is 16.1 Å². The van der Waals surface area contributed by atoms with Crippen molar-refractivity contribution in [1.82, 2.24) is 15.1 Å². The van der Waals surface area contributed by atoms with Gasteiger partial charge in [0.2, 0.25) is 11.8 Å². The standard InChI is InChI=1S/C23H19ClN4O2/c1-14-4-5-15(2)20(12-14)28(16(3)29)23-21(19-10-11-25-13-26-19)22(27-30-23)17-6-8-18(24)9-7-17/h4-13H,1-3H3. The monoisotopic (exact) mass is 418 g/mol. The summed E-state index contributed by atoms with van der Waals surface area (Å²) < 4.78 is 5.77. The highest BCUT2D eigenvalue weighted by Crippen LogP contribution is 2.42. The number of hydrogen-bond donors (Lipinski definition) is 0. The molecule has 6 nitrogen and oxygen atoms in total. The van der Waals surface area contributed by atoms with Gasteiger partial charge in [-0.3, -0.25) is 4.79 Å². The van der Waals surface area contributed by atoms with Crippen LogP contribution < -0.4 is 4.90 Å². The average Bonchev–Trinajstić information content (AvgIpc) is 3.16. The van der Waals surface area contributed by atoms with Gasteiger partial charge in [-0.25, -0.2) is 14.9 Å². The SMILES string of the molecule is CC(=O)N(c1cc(C)ccc1C)c1onc(-c2ccc(Cl)cc2)c1-c1ccncn1. The van der Waals surface area contributed by atoms with Crippen molar-refractivity contribution >= 4 is 29.1 Å². The van der Waals surface area contributed by atoms with Gasteiger partial charge in [0.05, 0.1) is 16.9 Å². The number of aryl methyl sites for hydroxylation is 2. The molecule has 0 aliphatic carbocycles. The van der Waals surface area contributed by atoms with Crippen LogP contribution in [0, 0.1) is 13.8 Å². The molecule has 0 aliphatic rings. The Morgan fingerprint density at radius 3 is 2.50 bits per heavy atom. The van der Waals surface area contributed by atoms with Crippen LogP contribution >= 0.6 is 11.6 Å². The van der Waals surface area contributed by atoms with Crippen LogP contribution in [0.25, 0.3) is 22.5 Å². The lowest BCUT2D eigenvalue weighted by Crippen LogP contribution is -2.24. The van der Waals surface area contributed by atoms with Crippen LogP contribution in [0.3, 0.4) is 0 Å². The van der Waals surface area contributed by atoms with E-state index in [-0.39, 0.29) is 5.91 Å². The molecule has 0 N–H and O–H groups in total. The Morgan fingerprint density at radius 2 is 1.83 bits per heavy atom. The molecule has 0 fully saturated rings. The van der Waals surface area contributed by atoms with Crippen molar-refractivity contribution < 1.29 is 9.32 Å². The molecule has 150 valence electrons. The van der Waals surface area contributed by atoms with E-state index in [0.29, 0.717) is 27.9 Å². The Hall–Kier alpha value is -3.51. The number of benzene rings is 2. The van der Waals surface area contributed by atoms with Gasteiger partial charge in [-0.05, 0) is 49.2 Å². The second kappa shape index (κ2) is 8.08. The molecule has 7 heteroatoms. The number of hydrogen-bond acceptors (Lipinski definition) is 5. The van der Waals surface area contributed by atoms with E-state index < -0.39 is 0 Å². The van der Waals surface area contributed by atoms with Gasteiger partial charge in [0.15, 0.2) is 0 Å². The number of rotatable bonds is 4. The molecule has 0 atom stereocenters. The second-order valence-corrected chi connectivity index (χ2v) is 7.39. The second-order valence-electron chi connectivity index (χ2n) is 6.96. The number of aromatic nitrogens is 3. The molecular weight excluding hydrogens is 400 g/mol. The van der Waals surface area contributed by atoms with Gasteiger partial charge in [-0.2, -0.15) is 0 Å². The maximum absolute atomic E-state index is 12.8. The molecule has 2 aromatic carbocycles. The van der Waals surface area contributed by atoms with E-state index in [0.717, 1.165) is 22.4 Å². The Kier molecular flexibility index (Phi) is 5.33. The smallest absolute Gasteiger partial charge is 0.248 e. The van der Waals surface area contributed by atoms with Crippen molar-refractivity contribution in [3.63, 3.8) is 0 Å². The van der Waals surface area contributed by atoms with Crippen molar-refractivity contribution in [3.05, 3.63) is 77.2 Å². The van der Waals surface area contributed by atoms with Gasteiger partial charge >= 0.3 is 0 Å². The predicted octanol–water partition coefficient (Wildman–Crippen LogP) is 5.75. The molecule has 0 saturated carbocycles. The first kappa shape index (κ1) is 19.8. The Balaban J connectivity index is 1.98. The number of amides is 1.